The maximum Gasteiger partial charge on any atom is 0.121 e. The van der Waals surface area contributed by atoms with Crippen LogP contribution in [0.4, 0.5) is 5.69 Å². The van der Waals surface area contributed by atoms with Gasteiger partial charge in [-0.3, -0.25) is 0 Å². The van der Waals surface area contributed by atoms with Crippen molar-refractivity contribution in [2.24, 2.45) is 0 Å². The van der Waals surface area contributed by atoms with Gasteiger partial charge in [-0.25, -0.2) is 4.68 Å². The van der Waals surface area contributed by atoms with E-state index in [1.165, 1.54) is 0 Å². The summed E-state index contributed by atoms with van der Waals surface area (Å²) < 4.78 is 7.02. The zero-order chi connectivity index (χ0) is 14.8. The van der Waals surface area contributed by atoms with Crippen LogP contribution in [-0.4, -0.2) is 22.1 Å². The van der Waals surface area contributed by atoms with E-state index in [0.29, 0.717) is 11.6 Å². The third kappa shape index (κ3) is 3.42. The summed E-state index contributed by atoms with van der Waals surface area (Å²) in [5.74, 6) is 0.759. The molecule has 0 bridgehead atoms. The van der Waals surface area contributed by atoms with Crippen LogP contribution in [0.25, 0.3) is 0 Å². The number of methoxy groups -OCH3 is 1. The lowest BCUT2D eigenvalue weighted by molar-refractivity contribution is 0.347. The van der Waals surface area contributed by atoms with Gasteiger partial charge in [0.15, 0.2) is 0 Å². The van der Waals surface area contributed by atoms with Crippen molar-refractivity contribution in [1.29, 1.82) is 0 Å². The number of ether oxygens (including phenoxy) is 1. The molecule has 2 aromatic rings. The first kappa shape index (κ1) is 14.7. The second-order valence-corrected chi connectivity index (χ2v) is 5.93. The number of anilines is 1. The monoisotopic (exact) mass is 294 g/mol. The first-order valence-corrected chi connectivity index (χ1v) is 6.77. The third-order valence-corrected chi connectivity index (χ3v) is 3.19. The van der Waals surface area contributed by atoms with Crippen LogP contribution in [0.1, 0.15) is 26.5 Å². The van der Waals surface area contributed by atoms with E-state index in [4.69, 9.17) is 16.3 Å². The molecule has 0 aliphatic rings. The molecule has 0 saturated heterocycles. The van der Waals surface area contributed by atoms with Crippen LogP contribution >= 0.6 is 11.6 Å². The van der Waals surface area contributed by atoms with Gasteiger partial charge in [0.05, 0.1) is 36.1 Å². The Bertz CT molecular complexity index is 589. The predicted molar refractivity (Wildman–Crippen MR) is 80.3 cm³/mol. The Hall–Kier alpha value is -1.75. The van der Waals surface area contributed by atoms with Crippen LogP contribution < -0.4 is 10.1 Å². The van der Waals surface area contributed by atoms with E-state index in [1.54, 1.807) is 13.2 Å². The standard InChI is InChI=1S/C14H19ClN4O/c1-14(2,3)19-9-10(17-18-19)8-16-13-7-11(20-4)5-6-12(13)15/h5-7,9,16H,8H2,1-4H3. The number of nitrogens with zero attached hydrogens (tertiary/aromatic N) is 3. The van der Waals surface area contributed by atoms with Gasteiger partial charge < -0.3 is 10.1 Å². The zero-order valence-corrected chi connectivity index (χ0v) is 12.9. The number of hydrogen-bond acceptors (Lipinski definition) is 4. The van der Waals surface area contributed by atoms with Gasteiger partial charge in [0.2, 0.25) is 0 Å². The second-order valence-electron chi connectivity index (χ2n) is 5.52. The maximum absolute atomic E-state index is 6.14. The van der Waals surface area contributed by atoms with Crippen molar-refractivity contribution >= 4 is 17.3 Å². The predicted octanol–water partition coefficient (Wildman–Crippen LogP) is 3.31. The van der Waals surface area contributed by atoms with Gasteiger partial charge in [0.25, 0.3) is 0 Å². The molecule has 5 nitrogen and oxygen atoms in total. The molecule has 2 rings (SSSR count). The van der Waals surface area contributed by atoms with Gasteiger partial charge >= 0.3 is 0 Å². The van der Waals surface area contributed by atoms with Gasteiger partial charge in [0.1, 0.15) is 11.4 Å². The molecule has 0 aliphatic heterocycles. The molecule has 108 valence electrons. The van der Waals surface area contributed by atoms with E-state index in [-0.39, 0.29) is 5.54 Å². The van der Waals surface area contributed by atoms with Crippen molar-refractivity contribution in [3.63, 3.8) is 0 Å². The molecule has 1 heterocycles. The van der Waals surface area contributed by atoms with E-state index in [9.17, 15) is 0 Å². The molecule has 0 atom stereocenters. The SMILES string of the molecule is COc1ccc(Cl)c(NCc2cn(C(C)(C)C)nn2)c1. The molecule has 1 aromatic carbocycles. The average Bonchev–Trinajstić information content (AvgIpc) is 2.86. The number of benzene rings is 1. The summed E-state index contributed by atoms with van der Waals surface area (Å²) >= 11 is 6.14. The van der Waals surface area contributed by atoms with Crippen molar-refractivity contribution in [2.45, 2.75) is 32.9 Å². The first-order chi connectivity index (χ1) is 9.40. The lowest BCUT2D eigenvalue weighted by Crippen LogP contribution is -2.22. The number of rotatable bonds is 4. The van der Waals surface area contributed by atoms with Crippen LogP contribution in [0.2, 0.25) is 5.02 Å². The fourth-order valence-corrected chi connectivity index (χ4v) is 1.84. The molecule has 1 aromatic heterocycles. The van der Waals surface area contributed by atoms with Crippen LogP contribution in [0.15, 0.2) is 24.4 Å². The Morgan fingerprint density at radius 2 is 2.10 bits per heavy atom. The van der Waals surface area contributed by atoms with E-state index >= 15 is 0 Å². The lowest BCUT2D eigenvalue weighted by Gasteiger charge is -2.17. The summed E-state index contributed by atoms with van der Waals surface area (Å²) in [6.07, 6.45) is 1.93. The minimum absolute atomic E-state index is 0.0706. The molecule has 0 saturated carbocycles. The number of nitrogens with one attached hydrogen (secondary N) is 1. The summed E-state index contributed by atoms with van der Waals surface area (Å²) in [7, 11) is 1.63. The Balaban J connectivity index is 2.07. The highest BCUT2D eigenvalue weighted by Gasteiger charge is 2.15. The van der Waals surface area contributed by atoms with Gasteiger partial charge in [-0.05, 0) is 32.9 Å². The van der Waals surface area contributed by atoms with E-state index in [0.717, 1.165) is 17.1 Å². The minimum Gasteiger partial charge on any atom is -0.497 e. The van der Waals surface area contributed by atoms with Gasteiger partial charge in [-0.15, -0.1) is 5.10 Å². The normalized spacial score (nSPS) is 11.4. The smallest absolute Gasteiger partial charge is 0.121 e. The van der Waals surface area contributed by atoms with Crippen molar-refractivity contribution in [3.8, 4) is 5.75 Å². The average molecular weight is 295 g/mol. The molecule has 20 heavy (non-hydrogen) atoms. The summed E-state index contributed by atoms with van der Waals surface area (Å²) in [5, 5.41) is 12.2. The quantitative estimate of drug-likeness (QED) is 0.940. The van der Waals surface area contributed by atoms with Gasteiger partial charge in [-0.2, -0.15) is 0 Å². The second kappa shape index (κ2) is 5.71. The maximum atomic E-state index is 6.14. The summed E-state index contributed by atoms with van der Waals surface area (Å²) in [4.78, 5) is 0. The van der Waals surface area contributed by atoms with E-state index in [2.05, 4.69) is 36.4 Å². The lowest BCUT2D eigenvalue weighted by atomic mass is 10.1. The fourth-order valence-electron chi connectivity index (χ4n) is 1.66. The van der Waals surface area contributed by atoms with Crippen LogP contribution in [0, 0.1) is 0 Å². The zero-order valence-electron chi connectivity index (χ0n) is 12.1. The molecular formula is C14H19ClN4O. The van der Waals surface area contributed by atoms with Crippen molar-refractivity contribution in [1.82, 2.24) is 15.0 Å². The summed E-state index contributed by atoms with van der Waals surface area (Å²) in [5.41, 5.74) is 1.61. The molecular weight excluding hydrogens is 276 g/mol. The Morgan fingerprint density at radius 3 is 2.70 bits per heavy atom. The number of halogens is 1. The minimum atomic E-state index is -0.0706. The number of hydrogen-bond donors (Lipinski definition) is 1. The summed E-state index contributed by atoms with van der Waals surface area (Å²) in [6.45, 7) is 6.80. The fraction of sp³-hybridized carbons (Fsp3) is 0.429. The van der Waals surface area contributed by atoms with E-state index in [1.807, 2.05) is 23.0 Å². The largest absolute Gasteiger partial charge is 0.497 e. The highest BCUT2D eigenvalue weighted by Crippen LogP contribution is 2.27. The molecule has 0 radical (unpaired) electrons. The highest BCUT2D eigenvalue weighted by atomic mass is 35.5. The van der Waals surface area contributed by atoms with Crippen LogP contribution in [0.5, 0.6) is 5.75 Å². The topological polar surface area (TPSA) is 52.0 Å². The Morgan fingerprint density at radius 1 is 1.35 bits per heavy atom. The van der Waals surface area contributed by atoms with Crippen LogP contribution in [0.3, 0.4) is 0 Å². The molecule has 6 heteroatoms. The highest BCUT2D eigenvalue weighted by molar-refractivity contribution is 6.33. The van der Waals surface area contributed by atoms with Crippen molar-refractivity contribution in [3.05, 3.63) is 35.1 Å². The molecule has 0 aliphatic carbocycles. The van der Waals surface area contributed by atoms with Crippen molar-refractivity contribution in [2.75, 3.05) is 12.4 Å². The molecule has 0 fully saturated rings. The summed E-state index contributed by atoms with van der Waals surface area (Å²) in [6, 6.07) is 5.48. The van der Waals surface area contributed by atoms with Gasteiger partial charge in [-0.1, -0.05) is 16.8 Å². The molecule has 0 spiro atoms. The van der Waals surface area contributed by atoms with E-state index < -0.39 is 0 Å². The molecule has 0 amide bonds. The Labute approximate surface area is 123 Å². The van der Waals surface area contributed by atoms with Crippen molar-refractivity contribution < 1.29 is 4.74 Å². The molecule has 1 N–H and O–H groups in total. The Kier molecular flexibility index (Phi) is 4.18. The number of aromatic nitrogens is 3. The third-order valence-electron chi connectivity index (χ3n) is 2.86. The van der Waals surface area contributed by atoms with Crippen LogP contribution in [-0.2, 0) is 12.1 Å². The molecule has 0 unspecified atom stereocenters. The first-order valence-electron chi connectivity index (χ1n) is 6.39. The van der Waals surface area contributed by atoms with Gasteiger partial charge in [0, 0.05) is 6.07 Å².